The van der Waals surface area contributed by atoms with E-state index >= 15 is 0 Å². The van der Waals surface area contributed by atoms with E-state index in [2.05, 4.69) is 15.9 Å². The smallest absolute Gasteiger partial charge is 0.324 e. The molecule has 28 heavy (non-hydrogen) atoms. The second kappa shape index (κ2) is 9.04. The second-order valence-electron chi connectivity index (χ2n) is 6.37. The Kier molecular flexibility index (Phi) is 6.71. The molecule has 1 atom stereocenters. The van der Waals surface area contributed by atoms with Gasteiger partial charge in [-0.3, -0.25) is 9.69 Å². The first-order chi connectivity index (χ1) is 13.4. The lowest BCUT2D eigenvalue weighted by atomic mass is 10.2. The van der Waals surface area contributed by atoms with E-state index in [9.17, 15) is 18.3 Å². The molecule has 1 N–H and O–H groups in total. The minimum absolute atomic E-state index is 0.00118. The number of carboxylic acids is 1. The van der Waals surface area contributed by atoms with Crippen molar-refractivity contribution in [2.45, 2.75) is 10.9 Å². The van der Waals surface area contributed by atoms with Crippen molar-refractivity contribution in [3.05, 3.63) is 59.1 Å². The normalized spacial score (nSPS) is 17.2. The first-order valence-corrected chi connectivity index (χ1v) is 11.0. The molecule has 150 valence electrons. The summed E-state index contributed by atoms with van der Waals surface area (Å²) in [6.45, 7) is 1.11. The van der Waals surface area contributed by atoms with Gasteiger partial charge in [-0.05, 0) is 36.4 Å². The zero-order valence-electron chi connectivity index (χ0n) is 15.1. The molecule has 7 nitrogen and oxygen atoms in total. The van der Waals surface area contributed by atoms with Crippen LogP contribution in [0.3, 0.4) is 0 Å². The van der Waals surface area contributed by atoms with Gasteiger partial charge in [0, 0.05) is 30.7 Å². The third kappa shape index (κ3) is 4.91. The topological polar surface area (TPSA) is 87.2 Å². The molecular formula is C19H21BrN2O5S. The van der Waals surface area contributed by atoms with Crippen LogP contribution < -0.4 is 4.74 Å². The average Bonchev–Trinajstić information content (AvgIpc) is 2.69. The van der Waals surface area contributed by atoms with Gasteiger partial charge < -0.3 is 9.84 Å². The maximum absolute atomic E-state index is 12.8. The Morgan fingerprint density at radius 3 is 2.21 bits per heavy atom. The van der Waals surface area contributed by atoms with Gasteiger partial charge in [-0.1, -0.05) is 34.1 Å². The molecular weight excluding hydrogens is 448 g/mol. The first kappa shape index (κ1) is 20.8. The summed E-state index contributed by atoms with van der Waals surface area (Å²) in [6, 6.07) is 14.7. The summed E-state index contributed by atoms with van der Waals surface area (Å²) in [5.41, 5.74) is 0. The number of para-hydroxylation sites is 1. The predicted octanol–water partition coefficient (Wildman–Crippen LogP) is 2.29. The molecule has 1 fully saturated rings. The summed E-state index contributed by atoms with van der Waals surface area (Å²) in [4.78, 5) is 13.7. The molecule has 0 aliphatic carbocycles. The van der Waals surface area contributed by atoms with Crippen LogP contribution in [0.15, 0.2) is 64.0 Å². The quantitative estimate of drug-likeness (QED) is 0.670. The number of hydrogen-bond donors (Lipinski definition) is 1. The lowest BCUT2D eigenvalue weighted by Gasteiger charge is -2.36. The Morgan fingerprint density at radius 1 is 1.04 bits per heavy atom. The van der Waals surface area contributed by atoms with Crippen LogP contribution in [0.2, 0.25) is 0 Å². The number of aliphatic carboxylic acids is 1. The van der Waals surface area contributed by atoms with Crippen LogP contribution in [-0.2, 0) is 14.8 Å². The van der Waals surface area contributed by atoms with Gasteiger partial charge in [0.15, 0.2) is 0 Å². The molecule has 9 heteroatoms. The van der Waals surface area contributed by atoms with Crippen molar-refractivity contribution in [1.82, 2.24) is 9.21 Å². The predicted molar refractivity (Wildman–Crippen MR) is 108 cm³/mol. The minimum Gasteiger partial charge on any atom is -0.491 e. The molecule has 0 radical (unpaired) electrons. The zero-order valence-corrected chi connectivity index (χ0v) is 17.5. The van der Waals surface area contributed by atoms with E-state index in [0.29, 0.717) is 18.8 Å². The fourth-order valence-corrected chi connectivity index (χ4v) is 4.72. The maximum Gasteiger partial charge on any atom is 0.324 e. The molecule has 0 bridgehead atoms. The highest BCUT2D eigenvalue weighted by atomic mass is 79.9. The highest BCUT2D eigenvalue weighted by Gasteiger charge is 2.34. The Bertz CT molecular complexity index is 898. The third-order valence-corrected chi connectivity index (χ3v) is 7.04. The number of carboxylic acid groups (broad SMARTS) is 1. The van der Waals surface area contributed by atoms with Crippen LogP contribution in [0.5, 0.6) is 5.75 Å². The third-order valence-electron chi connectivity index (χ3n) is 4.60. The number of rotatable bonds is 7. The standard InChI is InChI=1S/C19H21BrN2O5S/c20-15-6-8-17(9-7-15)28(25,26)22-12-10-21(11-13-22)18(19(23)24)14-27-16-4-2-1-3-5-16/h1-9,18H,10-14H2,(H,23,24). The summed E-state index contributed by atoms with van der Waals surface area (Å²) in [7, 11) is -3.60. The Balaban J connectivity index is 1.62. The van der Waals surface area contributed by atoms with E-state index in [1.807, 2.05) is 18.2 Å². The number of carbonyl (C=O) groups is 1. The molecule has 3 rings (SSSR count). The first-order valence-electron chi connectivity index (χ1n) is 8.78. The number of halogens is 1. The van der Waals surface area contributed by atoms with Crippen LogP contribution in [0.4, 0.5) is 0 Å². The second-order valence-corrected chi connectivity index (χ2v) is 9.23. The van der Waals surface area contributed by atoms with Crippen molar-refractivity contribution in [3.8, 4) is 5.75 Å². The van der Waals surface area contributed by atoms with E-state index in [1.54, 1.807) is 41.3 Å². The number of piperazine rings is 1. The lowest BCUT2D eigenvalue weighted by Crippen LogP contribution is -2.55. The van der Waals surface area contributed by atoms with Gasteiger partial charge in [0.1, 0.15) is 18.4 Å². The SMILES string of the molecule is O=C(O)C(COc1ccccc1)N1CCN(S(=O)(=O)c2ccc(Br)cc2)CC1. The average molecular weight is 469 g/mol. The number of hydrogen-bond acceptors (Lipinski definition) is 5. The van der Waals surface area contributed by atoms with Crippen LogP contribution in [0, 0.1) is 0 Å². The molecule has 0 spiro atoms. The van der Waals surface area contributed by atoms with E-state index in [-0.39, 0.29) is 24.6 Å². The molecule has 0 aromatic heterocycles. The largest absolute Gasteiger partial charge is 0.491 e. The van der Waals surface area contributed by atoms with Crippen LogP contribution >= 0.6 is 15.9 Å². The van der Waals surface area contributed by atoms with Gasteiger partial charge in [-0.15, -0.1) is 0 Å². The van der Waals surface area contributed by atoms with Crippen molar-refractivity contribution in [3.63, 3.8) is 0 Å². The molecule has 0 saturated carbocycles. The summed E-state index contributed by atoms with van der Waals surface area (Å²) >= 11 is 3.29. The summed E-state index contributed by atoms with van der Waals surface area (Å²) in [6.07, 6.45) is 0. The van der Waals surface area contributed by atoms with Gasteiger partial charge in [-0.25, -0.2) is 8.42 Å². The molecule has 1 aliphatic heterocycles. The van der Waals surface area contributed by atoms with Crippen molar-refractivity contribution in [2.24, 2.45) is 0 Å². The van der Waals surface area contributed by atoms with Gasteiger partial charge in [-0.2, -0.15) is 4.31 Å². The van der Waals surface area contributed by atoms with Crippen LogP contribution in [0.25, 0.3) is 0 Å². The molecule has 1 aliphatic rings. The van der Waals surface area contributed by atoms with E-state index in [0.717, 1.165) is 4.47 Å². The Morgan fingerprint density at radius 2 is 1.64 bits per heavy atom. The molecule has 1 unspecified atom stereocenters. The van der Waals surface area contributed by atoms with Crippen LogP contribution in [0.1, 0.15) is 0 Å². The molecule has 1 saturated heterocycles. The van der Waals surface area contributed by atoms with Crippen molar-refractivity contribution >= 4 is 31.9 Å². The number of ether oxygens (including phenoxy) is 1. The highest BCUT2D eigenvalue weighted by molar-refractivity contribution is 9.10. The number of sulfonamides is 1. The molecule has 1 heterocycles. The summed E-state index contributed by atoms with van der Waals surface area (Å²) in [5, 5.41) is 9.58. The zero-order chi connectivity index (χ0) is 20.1. The monoisotopic (exact) mass is 468 g/mol. The van der Waals surface area contributed by atoms with Crippen molar-refractivity contribution < 1.29 is 23.1 Å². The minimum atomic E-state index is -3.60. The molecule has 2 aromatic carbocycles. The van der Waals surface area contributed by atoms with E-state index < -0.39 is 22.0 Å². The fraction of sp³-hybridized carbons (Fsp3) is 0.316. The maximum atomic E-state index is 12.8. The highest BCUT2D eigenvalue weighted by Crippen LogP contribution is 2.21. The van der Waals surface area contributed by atoms with Crippen molar-refractivity contribution in [2.75, 3.05) is 32.8 Å². The van der Waals surface area contributed by atoms with Gasteiger partial charge >= 0.3 is 5.97 Å². The van der Waals surface area contributed by atoms with E-state index in [1.165, 1.54) is 4.31 Å². The van der Waals surface area contributed by atoms with Gasteiger partial charge in [0.2, 0.25) is 10.0 Å². The Hall–Kier alpha value is -1.94. The fourth-order valence-electron chi connectivity index (χ4n) is 3.04. The number of benzene rings is 2. The van der Waals surface area contributed by atoms with Crippen LogP contribution in [-0.4, -0.2) is 67.5 Å². The van der Waals surface area contributed by atoms with E-state index in [4.69, 9.17) is 4.74 Å². The Labute approximate surface area is 172 Å². The summed E-state index contributed by atoms with van der Waals surface area (Å²) in [5.74, 6) is -0.384. The summed E-state index contributed by atoms with van der Waals surface area (Å²) < 4.78 is 33.3. The lowest BCUT2D eigenvalue weighted by molar-refractivity contribution is -0.145. The molecule has 2 aromatic rings. The van der Waals surface area contributed by atoms with Crippen molar-refractivity contribution in [1.29, 1.82) is 0 Å². The number of nitrogens with zero attached hydrogens (tertiary/aromatic N) is 2. The van der Waals surface area contributed by atoms with Gasteiger partial charge in [0.25, 0.3) is 0 Å². The molecule has 0 amide bonds. The van der Waals surface area contributed by atoms with Gasteiger partial charge in [0.05, 0.1) is 4.90 Å².